The van der Waals surface area contributed by atoms with Gasteiger partial charge in [0.15, 0.2) is 5.52 Å². The van der Waals surface area contributed by atoms with Gasteiger partial charge in [0.1, 0.15) is 0 Å². The number of fused-ring (bicyclic) bond motifs is 1. The summed E-state index contributed by atoms with van der Waals surface area (Å²) in [6, 6.07) is 0.418. The molecule has 0 atom stereocenters. The lowest BCUT2D eigenvalue weighted by Crippen LogP contribution is -2.06. The largest absolute Gasteiger partial charge is 0.456 e. The second kappa shape index (κ2) is 2.33. The van der Waals surface area contributed by atoms with E-state index in [1.165, 1.54) is 13.4 Å². The first-order chi connectivity index (χ1) is 5.81. The predicted octanol–water partition coefficient (Wildman–Crippen LogP) is -0.637. The van der Waals surface area contributed by atoms with E-state index >= 15 is 0 Å². The molecule has 0 aromatic carbocycles. The molecule has 0 saturated heterocycles. The number of nitrogen functional groups attached to an aromatic ring is 1. The van der Waals surface area contributed by atoms with Gasteiger partial charge in [0.25, 0.3) is 5.65 Å². The number of nitrogens with one attached hydrogen (secondary N) is 2. The summed E-state index contributed by atoms with van der Waals surface area (Å²) in [5, 5.41) is 0. The number of nitrogens with two attached hydrogens (primary N) is 1. The van der Waals surface area contributed by atoms with Crippen LogP contribution in [0.5, 0.6) is 6.01 Å². The molecule has 2 heterocycles. The summed E-state index contributed by atoms with van der Waals surface area (Å²) in [6.45, 7) is 0. The van der Waals surface area contributed by atoms with Gasteiger partial charge in [0.2, 0.25) is 12.1 Å². The number of nitrogens with zero attached hydrogens (tertiary/aromatic N) is 2. The molecule has 0 fully saturated rings. The van der Waals surface area contributed by atoms with Gasteiger partial charge >= 0.3 is 6.01 Å². The number of H-pyrrole nitrogens is 2. The highest BCUT2D eigenvalue weighted by atomic mass is 16.5. The lowest BCUT2D eigenvalue weighted by molar-refractivity contribution is -0.352. The number of imidazole rings is 1. The minimum Gasteiger partial charge on any atom is -0.456 e. The van der Waals surface area contributed by atoms with Crippen LogP contribution >= 0.6 is 0 Å². The van der Waals surface area contributed by atoms with Crippen molar-refractivity contribution in [2.45, 2.75) is 0 Å². The Morgan fingerprint density at radius 1 is 1.67 bits per heavy atom. The topological polar surface area (TPSA) is 91.0 Å². The molecule has 2 aromatic heterocycles. The molecule has 0 bridgehead atoms. The molecule has 6 heteroatoms. The van der Waals surface area contributed by atoms with Crippen LogP contribution in [0.1, 0.15) is 0 Å². The van der Waals surface area contributed by atoms with Crippen LogP contribution in [0.4, 0.5) is 5.82 Å². The SMILES string of the molecule is COc1nc2[nH+]cnc(N)c2[nH]1. The minimum absolute atomic E-state index is 0.402. The fourth-order valence-corrected chi connectivity index (χ4v) is 0.966. The van der Waals surface area contributed by atoms with E-state index in [0.29, 0.717) is 23.0 Å². The first-order valence-corrected chi connectivity index (χ1v) is 3.37. The molecular formula is C6H8N5O+. The molecule has 12 heavy (non-hydrogen) atoms. The maximum Gasteiger partial charge on any atom is 0.372 e. The average Bonchev–Trinajstić information content (AvgIpc) is 2.49. The Hall–Kier alpha value is -1.85. The number of ether oxygens (including phenoxy) is 1. The first-order valence-electron chi connectivity index (χ1n) is 3.37. The fourth-order valence-electron chi connectivity index (χ4n) is 0.966. The van der Waals surface area contributed by atoms with Gasteiger partial charge in [-0.3, -0.25) is 4.98 Å². The third kappa shape index (κ3) is 0.849. The zero-order valence-corrected chi connectivity index (χ0v) is 6.46. The molecule has 0 spiro atoms. The van der Waals surface area contributed by atoms with Crippen LogP contribution < -0.4 is 15.5 Å². The second-order valence-corrected chi connectivity index (χ2v) is 2.26. The number of aromatic amines is 2. The second-order valence-electron chi connectivity index (χ2n) is 2.26. The van der Waals surface area contributed by atoms with E-state index < -0.39 is 0 Å². The zero-order chi connectivity index (χ0) is 8.55. The summed E-state index contributed by atoms with van der Waals surface area (Å²) < 4.78 is 4.88. The molecule has 2 rings (SSSR count). The molecule has 0 unspecified atom stereocenters. The lowest BCUT2D eigenvalue weighted by atomic mass is 10.5. The molecule has 62 valence electrons. The van der Waals surface area contributed by atoms with Crippen molar-refractivity contribution < 1.29 is 9.72 Å². The van der Waals surface area contributed by atoms with E-state index in [2.05, 4.69) is 19.9 Å². The normalized spacial score (nSPS) is 10.4. The van der Waals surface area contributed by atoms with Crippen LogP contribution in [0, 0.1) is 0 Å². The zero-order valence-electron chi connectivity index (χ0n) is 6.46. The molecule has 4 N–H and O–H groups in total. The molecule has 0 aliphatic heterocycles. The van der Waals surface area contributed by atoms with Crippen LogP contribution in [-0.2, 0) is 0 Å². The quantitative estimate of drug-likeness (QED) is 0.589. The Morgan fingerprint density at radius 3 is 3.17 bits per heavy atom. The van der Waals surface area contributed by atoms with Gasteiger partial charge in [-0.15, -0.1) is 0 Å². The number of aromatic nitrogens is 4. The summed E-state index contributed by atoms with van der Waals surface area (Å²) in [5.74, 6) is 0.402. The molecule has 6 nitrogen and oxygen atoms in total. The van der Waals surface area contributed by atoms with E-state index in [1.807, 2.05) is 0 Å². The van der Waals surface area contributed by atoms with Gasteiger partial charge in [-0.05, 0) is 4.98 Å². The van der Waals surface area contributed by atoms with Gasteiger partial charge in [-0.1, -0.05) is 4.98 Å². The van der Waals surface area contributed by atoms with Gasteiger partial charge < -0.3 is 10.5 Å². The fraction of sp³-hybridized carbons (Fsp3) is 0.167. The van der Waals surface area contributed by atoms with Crippen molar-refractivity contribution in [3.8, 4) is 6.01 Å². The standard InChI is InChI=1S/C6H7N5O/c1-12-6-10-3-4(7)8-2-9-5(3)11-6/h2H,1H3,(H3,7,8,9,10,11)/p+1. The first kappa shape index (κ1) is 6.84. The maximum absolute atomic E-state index is 5.57. The molecule has 2 aromatic rings. The van der Waals surface area contributed by atoms with E-state index in [0.717, 1.165) is 0 Å². The molecule has 0 aliphatic rings. The van der Waals surface area contributed by atoms with Crippen LogP contribution in [0.15, 0.2) is 6.33 Å². The van der Waals surface area contributed by atoms with E-state index in [4.69, 9.17) is 10.5 Å². The third-order valence-electron chi connectivity index (χ3n) is 1.54. The Kier molecular flexibility index (Phi) is 1.33. The summed E-state index contributed by atoms with van der Waals surface area (Å²) >= 11 is 0. The highest BCUT2D eigenvalue weighted by molar-refractivity contribution is 5.79. The summed E-state index contributed by atoms with van der Waals surface area (Å²) in [5.41, 5.74) is 6.87. The smallest absolute Gasteiger partial charge is 0.372 e. The van der Waals surface area contributed by atoms with Crippen molar-refractivity contribution >= 4 is 17.0 Å². The van der Waals surface area contributed by atoms with E-state index in [1.54, 1.807) is 0 Å². The maximum atomic E-state index is 5.57. The summed E-state index contributed by atoms with van der Waals surface area (Å²) in [4.78, 5) is 13.6. The average molecular weight is 166 g/mol. The van der Waals surface area contributed by atoms with Crippen molar-refractivity contribution in [3.63, 3.8) is 0 Å². The Bertz CT molecular complexity index is 409. The minimum atomic E-state index is 0.402. The molecule has 0 saturated carbocycles. The number of hydrogen-bond acceptors (Lipinski definition) is 4. The van der Waals surface area contributed by atoms with Crippen molar-refractivity contribution in [3.05, 3.63) is 6.33 Å². The monoisotopic (exact) mass is 166 g/mol. The molecule has 0 radical (unpaired) electrons. The highest BCUT2D eigenvalue weighted by Gasteiger charge is 2.13. The van der Waals surface area contributed by atoms with Crippen molar-refractivity contribution in [1.29, 1.82) is 0 Å². The number of hydrogen-bond donors (Lipinski definition) is 2. The van der Waals surface area contributed by atoms with Crippen molar-refractivity contribution in [2.75, 3.05) is 12.8 Å². The molecule has 0 amide bonds. The summed E-state index contributed by atoms with van der Waals surface area (Å²) in [6.07, 6.45) is 1.48. The highest BCUT2D eigenvalue weighted by Crippen LogP contribution is 2.14. The Morgan fingerprint density at radius 2 is 2.50 bits per heavy atom. The Labute approximate surface area is 67.8 Å². The number of anilines is 1. The van der Waals surface area contributed by atoms with E-state index in [9.17, 15) is 0 Å². The van der Waals surface area contributed by atoms with E-state index in [-0.39, 0.29) is 0 Å². The Balaban J connectivity index is 2.74. The number of rotatable bonds is 1. The van der Waals surface area contributed by atoms with Gasteiger partial charge in [0.05, 0.1) is 7.11 Å². The van der Waals surface area contributed by atoms with Gasteiger partial charge in [-0.2, -0.15) is 0 Å². The van der Waals surface area contributed by atoms with Gasteiger partial charge in [0, 0.05) is 0 Å². The third-order valence-corrected chi connectivity index (χ3v) is 1.54. The summed E-state index contributed by atoms with van der Waals surface area (Å²) in [7, 11) is 1.53. The molecular weight excluding hydrogens is 158 g/mol. The van der Waals surface area contributed by atoms with Crippen LogP contribution in [-0.4, -0.2) is 22.1 Å². The predicted molar refractivity (Wildman–Crippen MR) is 41.4 cm³/mol. The van der Waals surface area contributed by atoms with Crippen molar-refractivity contribution in [2.24, 2.45) is 0 Å². The molecule has 0 aliphatic carbocycles. The van der Waals surface area contributed by atoms with Crippen molar-refractivity contribution in [1.82, 2.24) is 15.0 Å². The van der Waals surface area contributed by atoms with Crippen LogP contribution in [0.2, 0.25) is 0 Å². The van der Waals surface area contributed by atoms with Gasteiger partial charge in [-0.25, -0.2) is 4.98 Å². The van der Waals surface area contributed by atoms with Crippen LogP contribution in [0.3, 0.4) is 0 Å². The number of methoxy groups -OCH3 is 1. The lowest BCUT2D eigenvalue weighted by Gasteiger charge is -1.84. The van der Waals surface area contributed by atoms with Crippen LogP contribution in [0.25, 0.3) is 11.2 Å².